The van der Waals surface area contributed by atoms with Gasteiger partial charge in [-0.05, 0) is 18.6 Å². The zero-order chi connectivity index (χ0) is 11.1. The summed E-state index contributed by atoms with van der Waals surface area (Å²) in [6.07, 6.45) is 0. The highest BCUT2D eigenvalue weighted by molar-refractivity contribution is 7.86. The van der Waals surface area contributed by atoms with Crippen LogP contribution in [0.5, 0.6) is 0 Å². The highest BCUT2D eigenvalue weighted by Gasteiger charge is 2.20. The molecule has 0 saturated heterocycles. The zero-order valence-corrected chi connectivity index (χ0v) is 9.97. The van der Waals surface area contributed by atoms with Gasteiger partial charge in [0, 0.05) is 5.02 Å². The van der Waals surface area contributed by atoms with Gasteiger partial charge in [0.2, 0.25) is 0 Å². The molecule has 0 aliphatic heterocycles. The van der Waals surface area contributed by atoms with Gasteiger partial charge in [-0.15, -0.1) is 0 Å². The van der Waals surface area contributed by atoms with Crippen LogP contribution in [0.3, 0.4) is 0 Å². The maximum atomic E-state index is 10.8. The minimum Gasteiger partial charge on any atom is -0.282 e. The van der Waals surface area contributed by atoms with Crippen LogP contribution in [-0.2, 0) is 10.1 Å². The lowest BCUT2D eigenvalue weighted by molar-refractivity contribution is 0.483. The number of benzene rings is 1. The van der Waals surface area contributed by atoms with E-state index < -0.39 is 15.0 Å². The third kappa shape index (κ3) is 2.15. The van der Waals surface area contributed by atoms with Crippen LogP contribution in [-0.4, -0.2) is 13.0 Å². The Morgan fingerprint density at radius 1 is 1.21 bits per heavy atom. The Labute approximate surface area is 96.3 Å². The fraction of sp³-hybridized carbons (Fsp3) is 0.143. The summed E-state index contributed by atoms with van der Waals surface area (Å²) in [5.74, 6) is 0. The lowest BCUT2D eigenvalue weighted by Crippen LogP contribution is -2.00. The molecule has 14 heavy (non-hydrogen) atoms. The van der Waals surface area contributed by atoms with Crippen molar-refractivity contribution in [3.63, 3.8) is 0 Å². The standard InChI is InChI=1S/C7H5Cl3O3S/c1-3-4(8)2-5(14(11,12)13)7(10)6(3)9/h2H,1H3,(H,11,12,13). The van der Waals surface area contributed by atoms with Crippen molar-refractivity contribution >= 4 is 44.9 Å². The lowest BCUT2D eigenvalue weighted by atomic mass is 10.2. The van der Waals surface area contributed by atoms with Crippen molar-refractivity contribution in [2.24, 2.45) is 0 Å². The molecule has 78 valence electrons. The minimum absolute atomic E-state index is 0.0202. The SMILES string of the molecule is Cc1c(Cl)cc(S(=O)(=O)O)c(Cl)c1Cl. The highest BCUT2D eigenvalue weighted by atomic mass is 35.5. The summed E-state index contributed by atoms with van der Waals surface area (Å²) >= 11 is 17.0. The molecular formula is C7H5Cl3O3S. The van der Waals surface area contributed by atoms with Crippen LogP contribution in [0.1, 0.15) is 5.56 Å². The second-order valence-corrected chi connectivity index (χ2v) is 5.14. The van der Waals surface area contributed by atoms with E-state index in [2.05, 4.69) is 0 Å². The molecule has 0 saturated carbocycles. The Kier molecular flexibility index (Phi) is 3.33. The number of hydrogen-bond donors (Lipinski definition) is 1. The van der Waals surface area contributed by atoms with Crippen molar-refractivity contribution in [3.8, 4) is 0 Å². The maximum Gasteiger partial charge on any atom is 0.296 e. The van der Waals surface area contributed by atoms with Crippen molar-refractivity contribution in [3.05, 3.63) is 26.7 Å². The van der Waals surface area contributed by atoms with Crippen LogP contribution >= 0.6 is 34.8 Å². The predicted molar refractivity (Wildman–Crippen MR) is 56.0 cm³/mol. The quantitative estimate of drug-likeness (QED) is 0.632. The molecule has 0 aromatic heterocycles. The van der Waals surface area contributed by atoms with Gasteiger partial charge < -0.3 is 0 Å². The fourth-order valence-corrected chi connectivity index (χ4v) is 2.51. The number of hydrogen-bond acceptors (Lipinski definition) is 2. The van der Waals surface area contributed by atoms with E-state index in [-0.39, 0.29) is 15.1 Å². The Morgan fingerprint density at radius 3 is 2.14 bits per heavy atom. The van der Waals surface area contributed by atoms with Crippen molar-refractivity contribution in [2.45, 2.75) is 11.8 Å². The molecule has 0 heterocycles. The summed E-state index contributed by atoms with van der Waals surface area (Å²) in [7, 11) is -4.40. The molecule has 0 bridgehead atoms. The van der Waals surface area contributed by atoms with E-state index in [4.69, 9.17) is 39.4 Å². The first kappa shape index (κ1) is 12.1. The molecule has 7 heteroatoms. The van der Waals surface area contributed by atoms with Gasteiger partial charge in [-0.2, -0.15) is 8.42 Å². The molecule has 0 amide bonds. The van der Waals surface area contributed by atoms with E-state index in [9.17, 15) is 8.42 Å². The lowest BCUT2D eigenvalue weighted by Gasteiger charge is -2.07. The van der Waals surface area contributed by atoms with Gasteiger partial charge in [-0.3, -0.25) is 4.55 Å². The summed E-state index contributed by atoms with van der Waals surface area (Å²) < 4.78 is 30.4. The van der Waals surface area contributed by atoms with Crippen LogP contribution in [0.4, 0.5) is 0 Å². The van der Waals surface area contributed by atoms with Gasteiger partial charge in [0.1, 0.15) is 4.90 Å². The summed E-state index contributed by atoms with van der Waals surface area (Å²) in [6.45, 7) is 1.59. The average Bonchev–Trinajstić information content (AvgIpc) is 2.06. The van der Waals surface area contributed by atoms with Gasteiger partial charge in [0.25, 0.3) is 10.1 Å². The first-order valence-corrected chi connectivity index (χ1v) is 5.94. The Morgan fingerprint density at radius 2 is 1.71 bits per heavy atom. The van der Waals surface area contributed by atoms with E-state index >= 15 is 0 Å². The second kappa shape index (κ2) is 3.87. The molecule has 1 aromatic rings. The summed E-state index contributed by atoms with van der Waals surface area (Å²) in [6, 6.07) is 1.06. The van der Waals surface area contributed by atoms with Gasteiger partial charge in [-0.25, -0.2) is 0 Å². The molecule has 1 aromatic carbocycles. The van der Waals surface area contributed by atoms with E-state index in [1.54, 1.807) is 6.92 Å². The van der Waals surface area contributed by atoms with Crippen molar-refractivity contribution in [1.82, 2.24) is 0 Å². The highest BCUT2D eigenvalue weighted by Crippen LogP contribution is 2.36. The van der Waals surface area contributed by atoms with Crippen LogP contribution in [0.2, 0.25) is 15.1 Å². The fourth-order valence-electron chi connectivity index (χ4n) is 0.852. The van der Waals surface area contributed by atoms with Crippen molar-refractivity contribution in [2.75, 3.05) is 0 Å². The van der Waals surface area contributed by atoms with Crippen LogP contribution < -0.4 is 0 Å². The van der Waals surface area contributed by atoms with Crippen LogP contribution in [0.25, 0.3) is 0 Å². The van der Waals surface area contributed by atoms with Gasteiger partial charge in [-0.1, -0.05) is 34.8 Å². The number of halogens is 3. The summed E-state index contributed by atoms with van der Waals surface area (Å²) in [5, 5.41) is -0.0742. The topological polar surface area (TPSA) is 54.4 Å². The molecule has 0 spiro atoms. The molecule has 0 aliphatic rings. The monoisotopic (exact) mass is 274 g/mol. The van der Waals surface area contributed by atoms with E-state index in [0.717, 1.165) is 6.07 Å². The summed E-state index contributed by atoms with van der Waals surface area (Å²) in [5.41, 5.74) is 0.464. The van der Waals surface area contributed by atoms with Gasteiger partial charge >= 0.3 is 0 Å². The van der Waals surface area contributed by atoms with Gasteiger partial charge in [0.15, 0.2) is 0 Å². The molecule has 3 nitrogen and oxygen atoms in total. The molecular weight excluding hydrogens is 270 g/mol. The Balaban J connectivity index is 3.66. The van der Waals surface area contributed by atoms with Crippen molar-refractivity contribution in [1.29, 1.82) is 0 Å². The largest absolute Gasteiger partial charge is 0.296 e. The molecule has 0 radical (unpaired) electrons. The van der Waals surface area contributed by atoms with E-state index in [1.807, 2.05) is 0 Å². The van der Waals surface area contributed by atoms with E-state index in [0.29, 0.717) is 5.56 Å². The van der Waals surface area contributed by atoms with Crippen LogP contribution in [0.15, 0.2) is 11.0 Å². The first-order chi connectivity index (χ1) is 6.25. The molecule has 1 rings (SSSR count). The number of rotatable bonds is 1. The smallest absolute Gasteiger partial charge is 0.282 e. The Bertz CT molecular complexity index is 481. The third-order valence-electron chi connectivity index (χ3n) is 1.63. The average molecular weight is 276 g/mol. The maximum absolute atomic E-state index is 10.8. The molecule has 0 unspecified atom stereocenters. The molecule has 1 N–H and O–H groups in total. The Hall–Kier alpha value is -0.000000000000000111. The first-order valence-electron chi connectivity index (χ1n) is 3.36. The molecule has 0 atom stereocenters. The molecule has 0 aliphatic carbocycles. The van der Waals surface area contributed by atoms with Crippen molar-refractivity contribution < 1.29 is 13.0 Å². The zero-order valence-electron chi connectivity index (χ0n) is 6.88. The van der Waals surface area contributed by atoms with Gasteiger partial charge in [0.05, 0.1) is 10.0 Å². The summed E-state index contributed by atoms with van der Waals surface area (Å²) in [4.78, 5) is -0.486. The molecule has 0 fully saturated rings. The van der Waals surface area contributed by atoms with Crippen LogP contribution in [0, 0.1) is 6.92 Å². The normalized spacial score (nSPS) is 11.8. The van der Waals surface area contributed by atoms with E-state index in [1.165, 1.54) is 0 Å². The minimum atomic E-state index is -4.40. The second-order valence-electron chi connectivity index (χ2n) is 2.58. The predicted octanol–water partition coefficient (Wildman–Crippen LogP) is 3.20. The third-order valence-corrected chi connectivity index (χ3v) is 3.98.